The number of likely N-dealkylation sites (tertiary alicyclic amines) is 4. The van der Waals surface area contributed by atoms with Gasteiger partial charge in [0.1, 0.15) is 23.3 Å². The van der Waals surface area contributed by atoms with Crippen molar-refractivity contribution in [3.8, 4) is 67.0 Å². The molecule has 6 aliphatic carbocycles. The predicted molar refractivity (Wildman–Crippen MR) is 492 cm³/mol. The number of esters is 3. The molecule has 20 rings (SSSR count). The molecular weight excluding hydrogens is 1720 g/mol. The van der Waals surface area contributed by atoms with E-state index in [0.29, 0.717) is 105 Å². The zero-order valence-corrected chi connectivity index (χ0v) is 77.8. The first-order valence-electron chi connectivity index (χ1n) is 46.9. The summed E-state index contributed by atoms with van der Waals surface area (Å²) >= 11 is 0. The monoisotopic (exact) mass is 1830 g/mol. The maximum absolute atomic E-state index is 16.6. The van der Waals surface area contributed by atoms with Crippen molar-refractivity contribution in [3.05, 3.63) is 167 Å². The molecule has 8 aromatic rings. The van der Waals surface area contributed by atoms with Gasteiger partial charge in [-0.1, -0.05) is 95.3 Å². The number of carbonyl (C=O) groups excluding carboxylic acids is 8. The first-order valence-corrected chi connectivity index (χ1v) is 46.9. The van der Waals surface area contributed by atoms with Gasteiger partial charge in [-0.3, -0.25) is 48.4 Å². The summed E-state index contributed by atoms with van der Waals surface area (Å²) in [7, 11) is 5.17. The molecule has 26 nitrogen and oxygen atoms in total. The molecule has 0 unspecified atom stereocenters. The van der Waals surface area contributed by atoms with E-state index < -0.39 is 71.2 Å². The van der Waals surface area contributed by atoms with Crippen molar-refractivity contribution in [2.75, 3.05) is 41.5 Å². The SMILES string of the molecule is COC(=O)C[C@@H](C(=O)N1CC2(CC2)C[C@H]1c1ncc(-c2ccc3c(c2)C(F)(F)c2cc(-c4ccc5c(c4)CC([C@@H]4[C@H]6CC[C@H](C6)N4C(=O)OC(C)(C)C)=N5)ccc2-3)[nH]1)C(C)C.COC(=O)C[C@@H](C)C(=O)N1[C@@H]2CC[C@@H](C2)[C@H]1C1=Nc2ccc(-c3ccc4c(c3)C(F)(F)c3cc(-c5cnc([C@@H]6CC7(CC7)CN6C(=O)[C@H](CC(=O)OC)C(C)C)[nH]5)ccc3-4)cc2C1.COC(=O)N[C@@H](C)C(=O)O. The summed E-state index contributed by atoms with van der Waals surface area (Å²) in [5, 5.41) is 10.3. The summed E-state index contributed by atoms with van der Waals surface area (Å²) in [4.78, 5) is 146. The summed E-state index contributed by atoms with van der Waals surface area (Å²) in [5.74, 6) is -8.77. The number of carboxylic acid groups (broad SMARTS) is 1. The summed E-state index contributed by atoms with van der Waals surface area (Å²) in [6.45, 7) is 17.8. The number of aromatic nitrogens is 4. The van der Waals surface area contributed by atoms with Gasteiger partial charge in [0.05, 0.1) is 119 Å². The third kappa shape index (κ3) is 17.2. The third-order valence-electron chi connectivity index (χ3n) is 30.2. The van der Waals surface area contributed by atoms with Crippen LogP contribution in [0.4, 0.5) is 38.5 Å². The van der Waals surface area contributed by atoms with E-state index in [1.54, 1.807) is 67.8 Å². The van der Waals surface area contributed by atoms with Crippen LogP contribution in [0.2, 0.25) is 0 Å². The lowest BCUT2D eigenvalue weighted by Gasteiger charge is -2.37. The summed E-state index contributed by atoms with van der Waals surface area (Å²) in [6, 6.07) is 31.3. The molecule has 2 aromatic heterocycles. The topological polar surface area (TPSA) is 327 Å². The molecule has 30 heteroatoms. The Labute approximate surface area is 775 Å². The fourth-order valence-corrected chi connectivity index (χ4v) is 22.6. The summed E-state index contributed by atoms with van der Waals surface area (Å²) < 4.78 is 91.2. The van der Waals surface area contributed by atoms with Crippen molar-refractivity contribution in [2.45, 2.75) is 231 Å². The number of alkyl carbamates (subject to hydrolysis) is 1. The second kappa shape index (κ2) is 35.1. The Balaban J connectivity index is 0.000000163. The fourth-order valence-electron chi connectivity index (χ4n) is 22.6. The van der Waals surface area contributed by atoms with Gasteiger partial charge < -0.3 is 58.8 Å². The summed E-state index contributed by atoms with van der Waals surface area (Å²) in [6.07, 6.45) is 15.1. The number of alkyl halides is 4. The van der Waals surface area contributed by atoms with Crippen LogP contribution >= 0.6 is 0 Å². The fraction of sp³-hybridized carbons (Fsp3) is 0.490. The number of rotatable bonds is 21. The van der Waals surface area contributed by atoms with Gasteiger partial charge in [0.25, 0.3) is 11.8 Å². The molecule has 4 saturated heterocycles. The minimum atomic E-state index is -3.26. The van der Waals surface area contributed by atoms with Gasteiger partial charge in [-0.15, -0.1) is 0 Å². The van der Waals surface area contributed by atoms with Crippen LogP contribution in [0.3, 0.4) is 0 Å². The summed E-state index contributed by atoms with van der Waals surface area (Å²) in [5.41, 5.74) is 12.3. The highest BCUT2D eigenvalue weighted by Gasteiger charge is 2.59. The number of methoxy groups -OCH3 is 4. The number of halogens is 4. The molecule has 8 fully saturated rings. The second-order valence-electron chi connectivity index (χ2n) is 40.8. The first-order chi connectivity index (χ1) is 63.8. The molecule has 704 valence electrons. The molecule has 6 aromatic carbocycles. The van der Waals surface area contributed by atoms with Gasteiger partial charge in [0.2, 0.25) is 17.7 Å². The van der Waals surface area contributed by atoms with Crippen molar-refractivity contribution >= 4 is 76.6 Å². The van der Waals surface area contributed by atoms with Crippen molar-refractivity contribution in [3.63, 3.8) is 0 Å². The van der Waals surface area contributed by atoms with Crippen molar-refractivity contribution in [1.82, 2.24) is 44.9 Å². The number of ether oxygens (including phenoxy) is 5. The van der Waals surface area contributed by atoms with Gasteiger partial charge in [-0.2, -0.15) is 17.6 Å². The molecule has 134 heavy (non-hydrogen) atoms. The number of piperidine rings is 2. The number of H-pyrrole nitrogens is 2. The number of aliphatic imine (C=N–C) groups is 2. The Bertz CT molecular complexity index is 6160. The molecule has 6 aliphatic heterocycles. The Morgan fingerprint density at radius 2 is 0.873 bits per heavy atom. The van der Waals surface area contributed by atoms with E-state index in [2.05, 4.69) is 26.1 Å². The zero-order chi connectivity index (χ0) is 95.0. The number of aromatic amines is 2. The molecular formula is C104H115F4N11O15. The normalized spacial score (nSPS) is 23.2. The quantitative estimate of drug-likeness (QED) is 0.0295. The molecule has 8 heterocycles. The van der Waals surface area contributed by atoms with Gasteiger partial charge in [0.15, 0.2) is 0 Å². The highest BCUT2D eigenvalue weighted by molar-refractivity contribution is 6.03. The third-order valence-corrected chi connectivity index (χ3v) is 30.2. The number of amides is 5. The van der Waals surface area contributed by atoms with E-state index in [0.717, 1.165) is 122 Å². The van der Waals surface area contributed by atoms with E-state index in [-0.39, 0.29) is 124 Å². The Hall–Kier alpha value is -12.4. The lowest BCUT2D eigenvalue weighted by Crippen LogP contribution is -2.51. The average molecular weight is 1840 g/mol. The Kier molecular flexibility index (Phi) is 24.2. The number of nitrogens with one attached hydrogen (secondary N) is 3. The standard InChI is InChI=1S/C50H53F2N5O6.C49H53F2N5O5.C5H9NO4/c1-26(2)36(22-44(59)63-5)48(61)56-25-49(14-15-49)23-42(56)46-53-24-41(55-46)30-8-12-35-34-11-7-29(19-37(34)50(51,52)38(35)20-30)28-9-13-39-32(17-28)21-40(54-39)45-31-6-10-33(18-31)57(45)47(60)27(3)16-43(58)62-4;1-26(2)35(22-42(57)60-6)45(58)55-25-48(15-16-48)23-41(55)44-52-24-40(54-44)29-9-13-34-33-12-8-28(19-36(33)49(50,51)37(34)20-29)27-10-14-38-31(17-27)21-39(53-38)43-30-7-11-32(18-30)56(43)46(59)61-47(3,4)5;1-3(4(7)8)6-5(9)10-2/h7-9,11-13,17,19-20,24,26-27,31,33,36,42,45H,6,10,14-16,18,21-23,25H2,1-5H3,(H,53,55);8-10,12-14,17,19-20,24,26,30,32,35,41,43H,7,11,15-16,18,21-23,25H2,1-6H3,(H,52,54);3H,1-2H3,(H,6,9)(H,7,8)/t27-,31+,33-,36-,42+,45+;30-,32+,35+,41-,43-;3-/m100/s1. The van der Waals surface area contributed by atoms with Crippen LogP contribution in [-0.4, -0.2) is 187 Å². The van der Waals surface area contributed by atoms with Crippen molar-refractivity contribution in [1.29, 1.82) is 0 Å². The van der Waals surface area contributed by atoms with Crippen LogP contribution in [0.15, 0.2) is 132 Å². The maximum atomic E-state index is 16.6. The minimum Gasteiger partial charge on any atom is -0.480 e. The van der Waals surface area contributed by atoms with Crippen LogP contribution in [0, 0.1) is 52.3 Å². The largest absolute Gasteiger partial charge is 0.480 e. The highest BCUT2D eigenvalue weighted by atomic mass is 19.3. The van der Waals surface area contributed by atoms with E-state index in [1.807, 2.05) is 123 Å². The molecule has 4 N–H and O–H groups in total. The molecule has 12 aliphatic rings. The molecule has 5 amide bonds. The lowest BCUT2D eigenvalue weighted by atomic mass is 9.90. The average Bonchev–Trinajstić information content (AvgIpc) is 1.58. The molecule has 2 spiro atoms. The van der Waals surface area contributed by atoms with Crippen molar-refractivity contribution in [2.24, 2.45) is 62.2 Å². The Morgan fingerprint density at radius 3 is 1.26 bits per heavy atom. The highest BCUT2D eigenvalue weighted by Crippen LogP contribution is 2.62. The Morgan fingerprint density at radius 1 is 0.493 bits per heavy atom. The maximum Gasteiger partial charge on any atom is 0.411 e. The second-order valence-corrected chi connectivity index (χ2v) is 40.8. The van der Waals surface area contributed by atoms with Crippen LogP contribution in [0.1, 0.15) is 216 Å². The van der Waals surface area contributed by atoms with Crippen molar-refractivity contribution < 1.29 is 89.5 Å². The first kappa shape index (κ1) is 92.1. The van der Waals surface area contributed by atoms with Crippen LogP contribution in [0.25, 0.3) is 67.0 Å². The van der Waals surface area contributed by atoms with Gasteiger partial charge >= 0.3 is 36.1 Å². The van der Waals surface area contributed by atoms with Gasteiger partial charge in [-0.25, -0.2) is 19.6 Å². The van der Waals surface area contributed by atoms with E-state index >= 15 is 17.6 Å². The molecule has 4 bridgehead atoms. The number of carboxylic acids is 1. The number of imidazole rings is 2. The number of hydrogen-bond donors (Lipinski definition) is 4. The zero-order valence-electron chi connectivity index (χ0n) is 77.8. The molecule has 4 saturated carbocycles. The number of carbonyl (C=O) groups is 9. The number of aliphatic carboxylic acids is 1. The van der Waals surface area contributed by atoms with Crippen LogP contribution in [-0.2, 0) is 81.9 Å². The van der Waals surface area contributed by atoms with Crippen LogP contribution in [0.5, 0.6) is 0 Å². The predicted octanol–water partition coefficient (Wildman–Crippen LogP) is 18.9. The number of nitrogens with zero attached hydrogens (tertiary/aromatic N) is 8. The number of fused-ring (bicyclic) bond motifs is 12. The lowest BCUT2D eigenvalue weighted by molar-refractivity contribution is -0.148. The van der Waals surface area contributed by atoms with Gasteiger partial charge in [0, 0.05) is 88.7 Å². The van der Waals surface area contributed by atoms with E-state index in [1.165, 1.54) is 35.4 Å². The number of benzene rings is 6. The van der Waals surface area contributed by atoms with E-state index in [4.69, 9.17) is 44.0 Å². The number of hydrogen-bond acceptors (Lipinski definition) is 18. The molecule has 0 radical (unpaired) electrons. The van der Waals surface area contributed by atoms with Gasteiger partial charge in [-0.05, 0) is 243 Å². The molecule has 12 atom stereocenters. The van der Waals surface area contributed by atoms with E-state index in [9.17, 15) is 43.2 Å². The minimum absolute atomic E-state index is 0.00917. The smallest absolute Gasteiger partial charge is 0.411 e. The van der Waals surface area contributed by atoms with Crippen LogP contribution < -0.4 is 5.32 Å².